The number of aromatic nitrogens is 1. The van der Waals surface area contributed by atoms with Crippen LogP contribution in [-0.4, -0.2) is 41.0 Å². The second-order valence-electron chi connectivity index (χ2n) is 6.59. The van der Waals surface area contributed by atoms with E-state index in [-0.39, 0.29) is 5.82 Å². The number of anilines is 1. The zero-order valence-electron chi connectivity index (χ0n) is 14.2. The molecule has 0 saturated carbocycles. The fourth-order valence-corrected chi connectivity index (χ4v) is 3.38. The monoisotopic (exact) mass is 328 g/mol. The normalized spacial score (nSPS) is 18.9. The third-order valence-electron chi connectivity index (χ3n) is 4.80. The van der Waals surface area contributed by atoms with Gasteiger partial charge < -0.3 is 5.73 Å². The van der Waals surface area contributed by atoms with Crippen LogP contribution in [0.4, 0.5) is 10.2 Å². The van der Waals surface area contributed by atoms with Crippen LogP contribution in [0.2, 0.25) is 0 Å². The summed E-state index contributed by atoms with van der Waals surface area (Å²) in [5.41, 5.74) is 7.79. The number of piperidine rings is 1. The molecule has 0 bridgehead atoms. The number of hydrogen-bond donors (Lipinski definition) is 1. The number of halogens is 1. The van der Waals surface area contributed by atoms with E-state index in [1.165, 1.54) is 6.07 Å². The lowest BCUT2D eigenvalue weighted by Gasteiger charge is -2.37. The smallest absolute Gasteiger partial charge is 0.127 e. The zero-order chi connectivity index (χ0) is 16.9. The van der Waals surface area contributed by atoms with Gasteiger partial charge in [0.1, 0.15) is 11.6 Å². The number of hydrogen-bond acceptors (Lipinski definition) is 4. The molecule has 1 fully saturated rings. The lowest BCUT2D eigenvalue weighted by molar-refractivity contribution is 0.106. The number of nitrogens with two attached hydrogens (primary N) is 1. The van der Waals surface area contributed by atoms with Gasteiger partial charge in [0.2, 0.25) is 0 Å². The predicted molar refractivity (Wildman–Crippen MR) is 94.8 cm³/mol. The van der Waals surface area contributed by atoms with E-state index in [4.69, 9.17) is 5.73 Å². The highest BCUT2D eigenvalue weighted by Gasteiger charge is 2.24. The summed E-state index contributed by atoms with van der Waals surface area (Å²) in [7, 11) is 2.13. The van der Waals surface area contributed by atoms with Crippen molar-refractivity contribution in [2.45, 2.75) is 32.0 Å². The third-order valence-corrected chi connectivity index (χ3v) is 4.80. The van der Waals surface area contributed by atoms with Crippen LogP contribution in [0.25, 0.3) is 0 Å². The molecule has 0 aliphatic carbocycles. The fraction of sp³-hybridized carbons (Fsp3) is 0.421. The van der Waals surface area contributed by atoms with Crippen molar-refractivity contribution in [3.05, 3.63) is 59.5 Å². The van der Waals surface area contributed by atoms with Crippen molar-refractivity contribution in [3.63, 3.8) is 0 Å². The van der Waals surface area contributed by atoms with Crippen LogP contribution in [-0.2, 0) is 13.1 Å². The average molecular weight is 328 g/mol. The molecule has 1 aromatic heterocycles. The van der Waals surface area contributed by atoms with E-state index in [1.807, 2.05) is 24.3 Å². The van der Waals surface area contributed by atoms with E-state index in [1.54, 1.807) is 12.3 Å². The number of pyridine rings is 1. The molecule has 2 aromatic rings. The summed E-state index contributed by atoms with van der Waals surface area (Å²) in [4.78, 5) is 8.83. The lowest BCUT2D eigenvalue weighted by Crippen LogP contribution is -2.45. The largest absolute Gasteiger partial charge is 0.383 e. The van der Waals surface area contributed by atoms with Gasteiger partial charge in [-0.15, -0.1) is 0 Å². The number of benzene rings is 1. The van der Waals surface area contributed by atoms with Crippen LogP contribution < -0.4 is 5.73 Å². The van der Waals surface area contributed by atoms with Crippen molar-refractivity contribution in [3.8, 4) is 0 Å². The first-order valence-electron chi connectivity index (χ1n) is 8.49. The van der Waals surface area contributed by atoms with E-state index < -0.39 is 0 Å². The van der Waals surface area contributed by atoms with E-state index in [9.17, 15) is 4.39 Å². The molecule has 3 rings (SSSR count). The Morgan fingerprint density at radius 1 is 1.25 bits per heavy atom. The van der Waals surface area contributed by atoms with Gasteiger partial charge in [-0.25, -0.2) is 9.37 Å². The molecule has 2 N–H and O–H groups in total. The van der Waals surface area contributed by atoms with E-state index in [2.05, 4.69) is 21.8 Å². The predicted octanol–water partition coefficient (Wildman–Crippen LogP) is 2.90. The van der Waals surface area contributed by atoms with Crippen molar-refractivity contribution >= 4 is 5.82 Å². The van der Waals surface area contributed by atoms with Crippen molar-refractivity contribution in [2.75, 3.05) is 25.9 Å². The molecule has 0 spiro atoms. The van der Waals surface area contributed by atoms with Gasteiger partial charge in [-0.3, -0.25) is 9.80 Å². The SMILES string of the molecule is CN(Cc1cccnc1N)[C@H]1CCCN(Cc2ccccc2F)C1. The standard InChI is InChI=1S/C19H25FN4/c1-23(12-16-7-4-10-22-19(16)21)17-8-5-11-24(14-17)13-15-6-2-3-9-18(15)20/h2-4,6-7,9-10,17H,5,8,11-14H2,1H3,(H2,21,22)/t17-/m0/s1. The van der Waals surface area contributed by atoms with Gasteiger partial charge in [-0.05, 0) is 38.6 Å². The highest BCUT2D eigenvalue weighted by molar-refractivity contribution is 5.38. The molecule has 2 heterocycles. The molecule has 1 saturated heterocycles. The molecule has 0 radical (unpaired) electrons. The molecular weight excluding hydrogens is 303 g/mol. The van der Waals surface area contributed by atoms with Crippen LogP contribution in [0.3, 0.4) is 0 Å². The molecule has 1 aliphatic rings. The fourth-order valence-electron chi connectivity index (χ4n) is 3.38. The Balaban J connectivity index is 1.61. The number of likely N-dealkylation sites (tertiary alicyclic amines) is 1. The maximum Gasteiger partial charge on any atom is 0.127 e. The Hall–Kier alpha value is -1.98. The van der Waals surface area contributed by atoms with Crippen molar-refractivity contribution in [1.82, 2.24) is 14.8 Å². The Morgan fingerprint density at radius 3 is 2.83 bits per heavy atom. The van der Waals surface area contributed by atoms with Gasteiger partial charge in [-0.1, -0.05) is 24.3 Å². The maximum absolute atomic E-state index is 13.9. The van der Waals surface area contributed by atoms with Crippen molar-refractivity contribution in [2.24, 2.45) is 0 Å². The van der Waals surface area contributed by atoms with Crippen LogP contribution in [0.5, 0.6) is 0 Å². The van der Waals surface area contributed by atoms with Gasteiger partial charge in [0.25, 0.3) is 0 Å². The number of nitrogen functional groups attached to an aromatic ring is 1. The molecule has 128 valence electrons. The topological polar surface area (TPSA) is 45.4 Å². The minimum absolute atomic E-state index is 0.115. The van der Waals surface area contributed by atoms with Gasteiger partial charge in [0.15, 0.2) is 0 Å². The number of likely N-dealkylation sites (N-methyl/N-ethyl adjacent to an activating group) is 1. The summed E-state index contributed by atoms with van der Waals surface area (Å²) in [6.07, 6.45) is 4.01. The summed E-state index contributed by atoms with van der Waals surface area (Å²) in [5.74, 6) is 0.486. The summed E-state index contributed by atoms with van der Waals surface area (Å²) >= 11 is 0. The molecule has 0 amide bonds. The van der Waals surface area contributed by atoms with E-state index >= 15 is 0 Å². The molecule has 5 heteroatoms. The minimum Gasteiger partial charge on any atom is -0.383 e. The van der Waals surface area contributed by atoms with Crippen LogP contribution in [0.15, 0.2) is 42.6 Å². The summed E-state index contributed by atoms with van der Waals surface area (Å²) < 4.78 is 13.9. The summed E-state index contributed by atoms with van der Waals surface area (Å²) in [6.45, 7) is 3.43. The van der Waals surface area contributed by atoms with Gasteiger partial charge in [0.05, 0.1) is 0 Å². The quantitative estimate of drug-likeness (QED) is 0.917. The Kier molecular flexibility index (Phi) is 5.43. The second kappa shape index (κ2) is 7.73. The number of rotatable bonds is 5. The highest BCUT2D eigenvalue weighted by atomic mass is 19.1. The zero-order valence-corrected chi connectivity index (χ0v) is 14.2. The lowest BCUT2D eigenvalue weighted by atomic mass is 10.0. The summed E-state index contributed by atoms with van der Waals surface area (Å²) in [5, 5.41) is 0. The molecule has 24 heavy (non-hydrogen) atoms. The Labute approximate surface area is 143 Å². The second-order valence-corrected chi connectivity index (χ2v) is 6.59. The molecular formula is C19H25FN4. The first-order chi connectivity index (χ1) is 11.6. The van der Waals surface area contributed by atoms with Gasteiger partial charge in [0, 0.05) is 43.0 Å². The molecule has 1 aromatic carbocycles. The first-order valence-corrected chi connectivity index (χ1v) is 8.49. The van der Waals surface area contributed by atoms with Gasteiger partial charge in [-0.2, -0.15) is 0 Å². The molecule has 1 aliphatic heterocycles. The van der Waals surface area contributed by atoms with Crippen molar-refractivity contribution < 1.29 is 4.39 Å². The summed E-state index contributed by atoms with van der Waals surface area (Å²) in [6, 6.07) is 11.4. The van der Waals surface area contributed by atoms with Crippen molar-refractivity contribution in [1.29, 1.82) is 0 Å². The average Bonchev–Trinajstić information content (AvgIpc) is 2.59. The van der Waals surface area contributed by atoms with Crippen LogP contribution in [0.1, 0.15) is 24.0 Å². The van der Waals surface area contributed by atoms with Crippen LogP contribution in [0, 0.1) is 5.82 Å². The maximum atomic E-state index is 13.9. The molecule has 1 atom stereocenters. The first kappa shape index (κ1) is 16.9. The Morgan fingerprint density at radius 2 is 2.04 bits per heavy atom. The van der Waals surface area contributed by atoms with Gasteiger partial charge >= 0.3 is 0 Å². The third kappa shape index (κ3) is 4.10. The Bertz CT molecular complexity index is 630. The number of nitrogens with zero attached hydrogens (tertiary/aromatic N) is 3. The molecule has 4 nitrogen and oxygen atoms in total. The van der Waals surface area contributed by atoms with E-state index in [0.717, 1.165) is 43.6 Å². The molecule has 0 unspecified atom stereocenters. The highest BCUT2D eigenvalue weighted by Crippen LogP contribution is 2.20. The van der Waals surface area contributed by atoms with E-state index in [0.29, 0.717) is 18.4 Å². The minimum atomic E-state index is -0.115. The van der Waals surface area contributed by atoms with Crippen LogP contribution >= 0.6 is 0 Å².